The number of carbonyl (C=O) groups excluding carboxylic acids is 2. The van der Waals surface area contributed by atoms with Crippen molar-refractivity contribution in [2.24, 2.45) is 0 Å². The van der Waals surface area contributed by atoms with E-state index >= 15 is 0 Å². The zero-order valence-electron chi connectivity index (χ0n) is 16.4. The zero-order valence-corrected chi connectivity index (χ0v) is 16.4. The van der Waals surface area contributed by atoms with Crippen LogP contribution in [0.2, 0.25) is 0 Å². The van der Waals surface area contributed by atoms with Gasteiger partial charge in [-0.05, 0) is 31.5 Å². The molecule has 0 spiro atoms. The molecule has 150 valence electrons. The molecule has 1 saturated heterocycles. The standard InChI is InChI=1S/C19H25N5O4/c1-11-8-17(25)22-19(20-11)24-16(7-12(2)23-24)21-18(26)10-13-5-6-14(27-3)15(9-13)28-4/h5-7,9,11,19-20H,8,10H2,1-4H3,(H,21,26)(H,22,25). The summed E-state index contributed by atoms with van der Waals surface area (Å²) in [5.41, 5.74) is 1.52. The summed E-state index contributed by atoms with van der Waals surface area (Å²) in [6.45, 7) is 3.76. The van der Waals surface area contributed by atoms with Gasteiger partial charge in [0.1, 0.15) is 5.82 Å². The highest BCUT2D eigenvalue weighted by molar-refractivity contribution is 5.91. The third-order valence-electron chi connectivity index (χ3n) is 4.41. The Morgan fingerprint density at radius 2 is 2.04 bits per heavy atom. The number of hydrogen-bond acceptors (Lipinski definition) is 6. The van der Waals surface area contributed by atoms with Crippen LogP contribution < -0.4 is 25.4 Å². The Kier molecular flexibility index (Phi) is 5.84. The molecule has 1 aromatic heterocycles. The molecule has 28 heavy (non-hydrogen) atoms. The van der Waals surface area contributed by atoms with E-state index in [4.69, 9.17) is 9.47 Å². The highest BCUT2D eigenvalue weighted by Gasteiger charge is 2.26. The first-order valence-corrected chi connectivity index (χ1v) is 9.02. The van der Waals surface area contributed by atoms with Gasteiger partial charge in [-0.3, -0.25) is 14.9 Å². The van der Waals surface area contributed by atoms with E-state index in [1.54, 1.807) is 37.1 Å². The molecule has 2 atom stereocenters. The van der Waals surface area contributed by atoms with E-state index in [9.17, 15) is 9.59 Å². The predicted octanol–water partition coefficient (Wildman–Crippen LogP) is 1.34. The maximum absolute atomic E-state index is 12.6. The molecule has 2 unspecified atom stereocenters. The van der Waals surface area contributed by atoms with Gasteiger partial charge in [-0.15, -0.1) is 0 Å². The fourth-order valence-electron chi connectivity index (χ4n) is 3.16. The number of amides is 2. The van der Waals surface area contributed by atoms with Crippen molar-refractivity contribution < 1.29 is 19.1 Å². The van der Waals surface area contributed by atoms with Crippen LogP contribution in [0.5, 0.6) is 11.5 Å². The SMILES string of the molecule is COc1ccc(CC(=O)Nc2cc(C)nn2C2NC(=O)CC(C)N2)cc1OC. The maximum atomic E-state index is 12.6. The summed E-state index contributed by atoms with van der Waals surface area (Å²) in [4.78, 5) is 24.4. The number of nitrogens with one attached hydrogen (secondary N) is 3. The molecule has 3 N–H and O–H groups in total. The van der Waals surface area contributed by atoms with Crippen LogP contribution in [0.4, 0.5) is 5.82 Å². The van der Waals surface area contributed by atoms with Gasteiger partial charge in [0.2, 0.25) is 11.8 Å². The van der Waals surface area contributed by atoms with Crippen molar-refractivity contribution in [3.05, 3.63) is 35.5 Å². The smallest absolute Gasteiger partial charge is 0.229 e. The number of aryl methyl sites for hydroxylation is 1. The molecule has 9 nitrogen and oxygen atoms in total. The Labute approximate surface area is 163 Å². The lowest BCUT2D eigenvalue weighted by Crippen LogP contribution is -2.52. The van der Waals surface area contributed by atoms with Crippen molar-refractivity contribution in [3.8, 4) is 11.5 Å². The lowest BCUT2D eigenvalue weighted by atomic mass is 10.1. The van der Waals surface area contributed by atoms with Crippen molar-refractivity contribution in [1.82, 2.24) is 20.4 Å². The van der Waals surface area contributed by atoms with E-state index in [1.807, 2.05) is 19.9 Å². The summed E-state index contributed by atoms with van der Waals surface area (Å²) in [6, 6.07) is 7.12. The number of rotatable bonds is 6. The Morgan fingerprint density at radius 3 is 2.71 bits per heavy atom. The van der Waals surface area contributed by atoms with Crippen LogP contribution in [-0.4, -0.2) is 41.9 Å². The number of hydrogen-bond donors (Lipinski definition) is 3. The first-order chi connectivity index (χ1) is 13.4. The van der Waals surface area contributed by atoms with Crippen LogP contribution in [-0.2, 0) is 16.0 Å². The summed E-state index contributed by atoms with van der Waals surface area (Å²) < 4.78 is 12.1. The van der Waals surface area contributed by atoms with Crippen molar-refractivity contribution in [3.63, 3.8) is 0 Å². The molecule has 1 fully saturated rings. The summed E-state index contributed by atoms with van der Waals surface area (Å²) in [7, 11) is 3.11. The minimum atomic E-state index is -0.513. The number of carbonyl (C=O) groups is 2. The number of nitrogens with zero attached hydrogens (tertiary/aromatic N) is 2. The Balaban J connectivity index is 1.73. The van der Waals surface area contributed by atoms with Gasteiger partial charge in [0, 0.05) is 18.5 Å². The van der Waals surface area contributed by atoms with Crippen molar-refractivity contribution in [1.29, 1.82) is 0 Å². The Hall–Kier alpha value is -3.07. The average molecular weight is 387 g/mol. The second-order valence-electron chi connectivity index (χ2n) is 6.77. The molecule has 3 rings (SSSR count). The van der Waals surface area contributed by atoms with Crippen LogP contribution in [0.1, 0.15) is 30.9 Å². The minimum absolute atomic E-state index is 0.0126. The number of anilines is 1. The molecule has 0 radical (unpaired) electrons. The van der Waals surface area contributed by atoms with Gasteiger partial charge in [-0.25, -0.2) is 4.68 Å². The molecule has 2 heterocycles. The molecule has 2 amide bonds. The number of benzene rings is 1. The molecule has 0 bridgehead atoms. The Bertz CT molecular complexity index is 879. The fourth-order valence-corrected chi connectivity index (χ4v) is 3.16. The average Bonchev–Trinajstić information content (AvgIpc) is 3.00. The first-order valence-electron chi connectivity index (χ1n) is 9.02. The van der Waals surface area contributed by atoms with E-state index in [2.05, 4.69) is 21.0 Å². The van der Waals surface area contributed by atoms with Gasteiger partial charge in [0.25, 0.3) is 0 Å². The zero-order chi connectivity index (χ0) is 20.3. The van der Waals surface area contributed by atoms with Crippen LogP contribution in [0, 0.1) is 6.92 Å². The topological polar surface area (TPSA) is 107 Å². The van der Waals surface area contributed by atoms with E-state index in [-0.39, 0.29) is 24.3 Å². The van der Waals surface area contributed by atoms with Gasteiger partial charge < -0.3 is 20.1 Å². The molecule has 9 heteroatoms. The summed E-state index contributed by atoms with van der Waals surface area (Å²) in [5, 5.41) is 13.4. The van der Waals surface area contributed by atoms with Gasteiger partial charge in [0.05, 0.1) is 26.3 Å². The number of methoxy groups -OCH3 is 2. The highest BCUT2D eigenvalue weighted by atomic mass is 16.5. The van der Waals surface area contributed by atoms with E-state index in [0.29, 0.717) is 23.7 Å². The molecule has 1 aliphatic rings. The molecule has 1 aliphatic heterocycles. The van der Waals surface area contributed by atoms with E-state index in [1.165, 1.54) is 0 Å². The molecular weight excluding hydrogens is 362 g/mol. The monoisotopic (exact) mass is 387 g/mol. The minimum Gasteiger partial charge on any atom is -0.493 e. The summed E-state index contributed by atoms with van der Waals surface area (Å²) >= 11 is 0. The van der Waals surface area contributed by atoms with Crippen molar-refractivity contribution >= 4 is 17.6 Å². The lowest BCUT2D eigenvalue weighted by Gasteiger charge is -2.30. The van der Waals surface area contributed by atoms with Crippen LogP contribution in [0.25, 0.3) is 0 Å². The molecule has 0 saturated carbocycles. The highest BCUT2D eigenvalue weighted by Crippen LogP contribution is 2.28. The van der Waals surface area contributed by atoms with Gasteiger partial charge in [-0.2, -0.15) is 5.10 Å². The summed E-state index contributed by atoms with van der Waals surface area (Å²) in [6.07, 6.45) is 0.0461. The first kappa shape index (κ1) is 19.7. The van der Waals surface area contributed by atoms with Crippen LogP contribution >= 0.6 is 0 Å². The third kappa shape index (κ3) is 4.42. The van der Waals surface area contributed by atoms with E-state index < -0.39 is 6.29 Å². The van der Waals surface area contributed by atoms with Gasteiger partial charge in [0.15, 0.2) is 17.8 Å². The molecule has 0 aliphatic carbocycles. The normalized spacial score (nSPS) is 19.1. The molecule has 2 aromatic rings. The molecular formula is C19H25N5O4. The van der Waals surface area contributed by atoms with Crippen LogP contribution in [0.3, 0.4) is 0 Å². The number of ether oxygens (including phenoxy) is 2. The molecule has 1 aromatic carbocycles. The van der Waals surface area contributed by atoms with Crippen LogP contribution in [0.15, 0.2) is 24.3 Å². The summed E-state index contributed by atoms with van der Waals surface area (Å²) in [5.74, 6) is 1.41. The largest absolute Gasteiger partial charge is 0.493 e. The quantitative estimate of drug-likeness (QED) is 0.691. The van der Waals surface area contributed by atoms with Crippen molar-refractivity contribution in [2.45, 2.75) is 39.0 Å². The second-order valence-corrected chi connectivity index (χ2v) is 6.77. The van der Waals surface area contributed by atoms with E-state index in [0.717, 1.165) is 11.3 Å². The third-order valence-corrected chi connectivity index (χ3v) is 4.41. The number of aromatic nitrogens is 2. The van der Waals surface area contributed by atoms with Gasteiger partial charge in [-0.1, -0.05) is 6.07 Å². The Morgan fingerprint density at radius 1 is 1.29 bits per heavy atom. The second kappa shape index (κ2) is 8.30. The fraction of sp³-hybridized carbons (Fsp3) is 0.421. The lowest BCUT2D eigenvalue weighted by molar-refractivity contribution is -0.125. The van der Waals surface area contributed by atoms with Gasteiger partial charge >= 0.3 is 0 Å². The predicted molar refractivity (Wildman–Crippen MR) is 103 cm³/mol. The maximum Gasteiger partial charge on any atom is 0.229 e. The van der Waals surface area contributed by atoms with Crippen molar-refractivity contribution in [2.75, 3.05) is 19.5 Å².